The van der Waals surface area contributed by atoms with E-state index in [-0.39, 0.29) is 11.7 Å². The quantitative estimate of drug-likeness (QED) is 0.539. The number of carbonyl (C=O) groups excluding carboxylic acids is 1. The maximum Gasteiger partial charge on any atom is 0.228 e. The number of carbonyl (C=O) groups is 1. The molecule has 1 aromatic carbocycles. The third kappa shape index (κ3) is 5.54. The predicted molar refractivity (Wildman–Crippen MR) is 108 cm³/mol. The van der Waals surface area contributed by atoms with Crippen LogP contribution in [0, 0.1) is 11.7 Å². The van der Waals surface area contributed by atoms with Gasteiger partial charge in [0.2, 0.25) is 5.91 Å². The van der Waals surface area contributed by atoms with Crippen molar-refractivity contribution in [2.45, 2.75) is 33.4 Å². The maximum absolute atomic E-state index is 13.5. The summed E-state index contributed by atoms with van der Waals surface area (Å²) < 4.78 is 15.6. The van der Waals surface area contributed by atoms with E-state index in [0.717, 1.165) is 22.7 Å². The van der Waals surface area contributed by atoms with Crippen molar-refractivity contribution in [3.63, 3.8) is 0 Å². The van der Waals surface area contributed by atoms with Gasteiger partial charge in [0.25, 0.3) is 0 Å². The van der Waals surface area contributed by atoms with E-state index in [1.165, 1.54) is 6.07 Å². The molecular weight excluding hydrogens is 359 g/mol. The van der Waals surface area contributed by atoms with Gasteiger partial charge in [0.05, 0.1) is 13.0 Å². The molecule has 0 aliphatic rings. The minimum atomic E-state index is -0.228. The Morgan fingerprint density at radius 3 is 2.74 bits per heavy atom. The minimum absolute atomic E-state index is 0.143. The van der Waals surface area contributed by atoms with Crippen molar-refractivity contribution >= 4 is 17.2 Å². The van der Waals surface area contributed by atoms with Crippen LogP contribution < -0.4 is 0 Å². The molecule has 0 radical (unpaired) electrons. The summed E-state index contributed by atoms with van der Waals surface area (Å²) in [5.41, 5.74) is 1.97. The molecule has 0 N–H and O–H groups in total. The van der Waals surface area contributed by atoms with Gasteiger partial charge in [0.15, 0.2) is 0 Å². The van der Waals surface area contributed by atoms with E-state index in [0.29, 0.717) is 25.4 Å². The summed E-state index contributed by atoms with van der Waals surface area (Å²) in [6.45, 7) is 6.11. The molecule has 0 bridgehead atoms. The van der Waals surface area contributed by atoms with Gasteiger partial charge in [-0.2, -0.15) is 0 Å². The summed E-state index contributed by atoms with van der Waals surface area (Å²) >= 11 is 1.61. The lowest BCUT2D eigenvalue weighted by Gasteiger charge is -2.25. The highest BCUT2D eigenvalue weighted by atomic mass is 32.1. The van der Waals surface area contributed by atoms with E-state index in [1.807, 2.05) is 46.8 Å². The number of aromatic nitrogens is 1. The Labute approximate surface area is 164 Å². The van der Waals surface area contributed by atoms with Gasteiger partial charge < -0.3 is 9.47 Å². The van der Waals surface area contributed by atoms with E-state index >= 15 is 0 Å². The fraction of sp³-hybridized carbons (Fsp3) is 0.318. The average molecular weight is 385 g/mol. The molecule has 0 saturated carbocycles. The fourth-order valence-corrected chi connectivity index (χ4v) is 3.84. The lowest BCUT2D eigenvalue weighted by molar-refractivity contribution is -0.131. The van der Waals surface area contributed by atoms with E-state index in [9.17, 15) is 9.18 Å². The average Bonchev–Trinajstić information content (AvgIpc) is 3.26. The molecule has 5 heteroatoms. The first-order chi connectivity index (χ1) is 13.0. The van der Waals surface area contributed by atoms with Crippen LogP contribution in [0.1, 0.15) is 30.0 Å². The monoisotopic (exact) mass is 384 g/mol. The van der Waals surface area contributed by atoms with Crippen molar-refractivity contribution in [2.24, 2.45) is 5.92 Å². The minimum Gasteiger partial charge on any atom is -0.345 e. The zero-order valence-corrected chi connectivity index (χ0v) is 16.6. The lowest BCUT2D eigenvalue weighted by Crippen LogP contribution is -2.35. The molecule has 27 heavy (non-hydrogen) atoms. The SMILES string of the molecule is CC(C)CN(Cc1cccn1Cc1cccc(F)c1)C(=O)Cc1cccs1. The van der Waals surface area contributed by atoms with Crippen molar-refractivity contribution in [3.8, 4) is 0 Å². The van der Waals surface area contributed by atoms with Gasteiger partial charge in [0.1, 0.15) is 5.82 Å². The Hall–Kier alpha value is -2.40. The van der Waals surface area contributed by atoms with Gasteiger partial charge in [0, 0.05) is 29.9 Å². The topological polar surface area (TPSA) is 25.2 Å². The van der Waals surface area contributed by atoms with E-state index < -0.39 is 0 Å². The molecule has 0 spiro atoms. The van der Waals surface area contributed by atoms with Crippen molar-refractivity contribution in [1.29, 1.82) is 0 Å². The fourth-order valence-electron chi connectivity index (χ4n) is 3.14. The Morgan fingerprint density at radius 1 is 1.19 bits per heavy atom. The normalized spacial score (nSPS) is 11.1. The zero-order chi connectivity index (χ0) is 19.2. The van der Waals surface area contributed by atoms with Crippen LogP contribution in [0.5, 0.6) is 0 Å². The second kappa shape index (κ2) is 9.00. The van der Waals surface area contributed by atoms with Gasteiger partial charge in [-0.15, -0.1) is 11.3 Å². The standard InChI is InChI=1S/C22H25FN2OS/c1-17(2)14-25(22(26)13-21-9-5-11-27-21)16-20-8-4-10-24(20)15-18-6-3-7-19(23)12-18/h3-12,17H,13-16H2,1-2H3. The third-order valence-electron chi connectivity index (χ3n) is 4.36. The predicted octanol–water partition coefficient (Wildman–Crippen LogP) is 4.96. The molecule has 2 aromatic heterocycles. The van der Waals surface area contributed by atoms with Crippen LogP contribution in [-0.4, -0.2) is 21.9 Å². The molecule has 0 atom stereocenters. The molecular formula is C22H25FN2OS. The van der Waals surface area contributed by atoms with E-state index in [4.69, 9.17) is 0 Å². The molecule has 0 fully saturated rings. The molecule has 3 rings (SSSR count). The van der Waals surface area contributed by atoms with Crippen LogP contribution in [0.2, 0.25) is 0 Å². The lowest BCUT2D eigenvalue weighted by atomic mass is 10.2. The highest BCUT2D eigenvalue weighted by Crippen LogP contribution is 2.16. The summed E-state index contributed by atoms with van der Waals surface area (Å²) in [5.74, 6) is 0.308. The summed E-state index contributed by atoms with van der Waals surface area (Å²) in [6.07, 6.45) is 2.42. The maximum atomic E-state index is 13.5. The first kappa shape index (κ1) is 19.4. The molecule has 3 aromatic rings. The van der Waals surface area contributed by atoms with Crippen LogP contribution in [0.3, 0.4) is 0 Å². The second-order valence-corrected chi connectivity index (χ2v) is 8.21. The van der Waals surface area contributed by atoms with Crippen LogP contribution in [0.15, 0.2) is 60.1 Å². The Bertz CT molecular complexity index is 870. The van der Waals surface area contributed by atoms with Crippen molar-refractivity contribution in [1.82, 2.24) is 9.47 Å². The summed E-state index contributed by atoms with van der Waals surface area (Å²) in [7, 11) is 0. The van der Waals surface area contributed by atoms with Crippen molar-refractivity contribution in [3.05, 3.63) is 82.1 Å². The number of benzene rings is 1. The molecule has 2 heterocycles. The second-order valence-electron chi connectivity index (χ2n) is 7.18. The number of halogens is 1. The van der Waals surface area contributed by atoms with Crippen LogP contribution in [0.4, 0.5) is 4.39 Å². The van der Waals surface area contributed by atoms with Gasteiger partial charge in [-0.1, -0.05) is 32.0 Å². The third-order valence-corrected chi connectivity index (χ3v) is 5.24. The first-order valence-electron chi connectivity index (χ1n) is 9.20. The zero-order valence-electron chi connectivity index (χ0n) is 15.8. The highest BCUT2D eigenvalue weighted by molar-refractivity contribution is 7.10. The largest absolute Gasteiger partial charge is 0.345 e. The Kier molecular flexibility index (Phi) is 6.45. The van der Waals surface area contributed by atoms with Crippen molar-refractivity contribution < 1.29 is 9.18 Å². The van der Waals surface area contributed by atoms with Crippen molar-refractivity contribution in [2.75, 3.05) is 6.54 Å². The van der Waals surface area contributed by atoms with Gasteiger partial charge in [-0.25, -0.2) is 4.39 Å². The number of rotatable bonds is 8. The molecule has 3 nitrogen and oxygen atoms in total. The number of hydrogen-bond donors (Lipinski definition) is 0. The number of hydrogen-bond acceptors (Lipinski definition) is 2. The molecule has 0 saturated heterocycles. The molecule has 0 aliphatic heterocycles. The van der Waals surface area contributed by atoms with Gasteiger partial charge in [-0.3, -0.25) is 4.79 Å². The Morgan fingerprint density at radius 2 is 2.04 bits per heavy atom. The summed E-state index contributed by atoms with van der Waals surface area (Å²) in [5, 5.41) is 2.00. The summed E-state index contributed by atoms with van der Waals surface area (Å²) in [6, 6.07) is 14.6. The first-order valence-corrected chi connectivity index (χ1v) is 10.1. The molecule has 1 amide bonds. The van der Waals surface area contributed by atoms with Crippen LogP contribution in [-0.2, 0) is 24.3 Å². The summed E-state index contributed by atoms with van der Waals surface area (Å²) in [4.78, 5) is 15.9. The van der Waals surface area contributed by atoms with E-state index in [2.05, 4.69) is 18.4 Å². The smallest absolute Gasteiger partial charge is 0.228 e. The number of thiophene rings is 1. The van der Waals surface area contributed by atoms with Crippen LogP contribution in [0.25, 0.3) is 0 Å². The Balaban J connectivity index is 1.74. The molecule has 0 unspecified atom stereocenters. The number of amides is 1. The van der Waals surface area contributed by atoms with Crippen LogP contribution >= 0.6 is 11.3 Å². The number of nitrogens with zero attached hydrogens (tertiary/aromatic N) is 2. The van der Waals surface area contributed by atoms with Gasteiger partial charge >= 0.3 is 0 Å². The van der Waals surface area contributed by atoms with E-state index in [1.54, 1.807) is 23.5 Å². The molecule has 0 aliphatic carbocycles. The highest BCUT2D eigenvalue weighted by Gasteiger charge is 2.18. The molecule has 142 valence electrons. The van der Waals surface area contributed by atoms with Gasteiger partial charge in [-0.05, 0) is 47.2 Å².